The van der Waals surface area contributed by atoms with E-state index in [9.17, 15) is 2.74 Å². The van der Waals surface area contributed by atoms with Crippen molar-refractivity contribution in [2.24, 2.45) is 0 Å². The molecule has 0 bridgehead atoms. The first-order chi connectivity index (χ1) is 31.8. The zero-order valence-electron chi connectivity index (χ0n) is 39.6. The Balaban J connectivity index is 1.21. The van der Waals surface area contributed by atoms with Gasteiger partial charge in [-0.05, 0) is 57.1 Å². The highest BCUT2D eigenvalue weighted by Crippen LogP contribution is 2.52. The third kappa shape index (κ3) is 5.41. The largest absolute Gasteiger partial charge is 0.309 e. The van der Waals surface area contributed by atoms with E-state index in [0.29, 0.717) is 34.3 Å². The minimum absolute atomic E-state index is 0.00218. The van der Waals surface area contributed by atoms with Crippen molar-refractivity contribution in [1.82, 2.24) is 19.5 Å². The molecule has 0 saturated heterocycles. The van der Waals surface area contributed by atoms with Crippen molar-refractivity contribution < 1.29 is 11.0 Å². The van der Waals surface area contributed by atoms with E-state index in [0.717, 1.165) is 44.5 Å². The third-order valence-corrected chi connectivity index (χ3v) is 11.3. The molecule has 274 valence electrons. The van der Waals surface area contributed by atoms with E-state index in [-0.39, 0.29) is 39.3 Å². The number of rotatable bonds is 6. The molecule has 0 saturated carbocycles. The van der Waals surface area contributed by atoms with Crippen LogP contribution in [0.5, 0.6) is 0 Å². The van der Waals surface area contributed by atoms with Crippen LogP contribution in [0.3, 0.4) is 0 Å². The minimum atomic E-state index is -0.503. The molecule has 0 radical (unpaired) electrons. The maximum atomic E-state index is 9.29. The van der Waals surface area contributed by atoms with Crippen LogP contribution in [0, 0.1) is 0 Å². The fraction of sp³-hybridized carbons (Fsp3) is 0.0556. The standard InChI is InChI=1S/C54H38N4/c1-54(2)46-25-12-9-20-41(46)44-23-15-24-45(50(44)54)53-56-51(38-30-28-36(29-31-38)35-16-5-3-6-17-35)55-52(57-53)39-32-33-40(37-18-7-4-8-19-37)49(34-39)58-47-26-13-10-21-42(47)43-22-11-14-27-48(43)58/h3-34H,1-2H3/i10D,11D,13D,14D,21D,22D,26D,27D. The van der Waals surface area contributed by atoms with Gasteiger partial charge in [-0.2, -0.15) is 0 Å². The maximum absolute atomic E-state index is 9.29. The Morgan fingerprint density at radius 3 is 1.66 bits per heavy atom. The van der Waals surface area contributed by atoms with Gasteiger partial charge in [0.15, 0.2) is 17.5 Å². The first-order valence-electron chi connectivity index (χ1n) is 23.2. The monoisotopic (exact) mass is 750 g/mol. The molecule has 0 fully saturated rings. The van der Waals surface area contributed by atoms with Crippen molar-refractivity contribution in [2.75, 3.05) is 0 Å². The molecule has 0 atom stereocenters. The van der Waals surface area contributed by atoms with E-state index in [4.69, 9.17) is 23.2 Å². The topological polar surface area (TPSA) is 43.6 Å². The molecular weight excluding hydrogens is 705 g/mol. The molecule has 4 nitrogen and oxygen atoms in total. The van der Waals surface area contributed by atoms with Crippen LogP contribution in [-0.2, 0) is 5.41 Å². The predicted octanol–water partition coefficient (Wildman–Crippen LogP) is 13.6. The molecule has 0 unspecified atom stereocenters. The second-order valence-electron chi connectivity index (χ2n) is 15.0. The highest BCUT2D eigenvalue weighted by atomic mass is 15.0. The lowest BCUT2D eigenvalue weighted by Crippen LogP contribution is -2.17. The summed E-state index contributed by atoms with van der Waals surface area (Å²) in [5.74, 6) is 1.24. The molecule has 1 aliphatic rings. The van der Waals surface area contributed by atoms with Crippen LogP contribution in [0.25, 0.3) is 95.0 Å². The lowest BCUT2D eigenvalue weighted by molar-refractivity contribution is 0.661. The zero-order chi connectivity index (χ0) is 45.8. The highest BCUT2D eigenvalue weighted by Gasteiger charge is 2.38. The fourth-order valence-electron chi connectivity index (χ4n) is 8.61. The van der Waals surface area contributed by atoms with Gasteiger partial charge in [0.1, 0.15) is 0 Å². The average Bonchev–Trinajstić information content (AvgIpc) is 3.84. The summed E-state index contributed by atoms with van der Waals surface area (Å²) in [4.78, 5) is 15.6. The normalized spacial score (nSPS) is 14.7. The molecule has 2 heterocycles. The van der Waals surface area contributed by atoms with Gasteiger partial charge in [-0.15, -0.1) is 0 Å². The van der Waals surface area contributed by atoms with Crippen molar-refractivity contribution in [3.63, 3.8) is 0 Å². The van der Waals surface area contributed by atoms with Crippen molar-refractivity contribution >= 4 is 21.8 Å². The van der Waals surface area contributed by atoms with Gasteiger partial charge in [-0.25, -0.2) is 15.0 Å². The van der Waals surface area contributed by atoms with Crippen LogP contribution in [-0.4, -0.2) is 19.5 Å². The molecule has 0 N–H and O–H groups in total. The van der Waals surface area contributed by atoms with Gasteiger partial charge >= 0.3 is 0 Å². The molecule has 2 aromatic heterocycles. The van der Waals surface area contributed by atoms with Gasteiger partial charge in [0.2, 0.25) is 0 Å². The van der Waals surface area contributed by atoms with Gasteiger partial charge in [0.25, 0.3) is 0 Å². The molecule has 0 amide bonds. The first-order valence-corrected chi connectivity index (χ1v) is 19.2. The smallest absolute Gasteiger partial charge is 0.164 e. The number of hydrogen-bond acceptors (Lipinski definition) is 3. The summed E-state index contributed by atoms with van der Waals surface area (Å²) < 4.78 is 73.1. The molecule has 1 aliphatic carbocycles. The quantitative estimate of drug-likeness (QED) is 0.170. The van der Waals surface area contributed by atoms with Gasteiger partial charge in [-0.3, -0.25) is 0 Å². The SMILES string of the molecule is [2H]c1c([2H])c([2H])c2c(c1[2H])c1c([2H])c([2H])c([2H])c([2H])c1n2-c1cc(-c2nc(-c3ccc(-c4ccccc4)cc3)nc(-c3cccc4c3C(C)(C)c3ccccc3-4)n2)ccc1-c1ccccc1. The summed E-state index contributed by atoms with van der Waals surface area (Å²) in [5, 5.41) is -0.00437. The summed E-state index contributed by atoms with van der Waals surface area (Å²) in [6.07, 6.45) is 0. The molecule has 0 aliphatic heterocycles. The van der Waals surface area contributed by atoms with E-state index in [1.54, 1.807) is 4.57 Å². The van der Waals surface area contributed by atoms with Gasteiger partial charge in [0, 0.05) is 38.4 Å². The minimum Gasteiger partial charge on any atom is -0.309 e. The van der Waals surface area contributed by atoms with Crippen LogP contribution in [0.4, 0.5) is 0 Å². The highest BCUT2D eigenvalue weighted by molar-refractivity contribution is 6.10. The fourth-order valence-corrected chi connectivity index (χ4v) is 8.61. The molecular formula is C54H38N4. The van der Waals surface area contributed by atoms with Crippen molar-refractivity contribution in [1.29, 1.82) is 0 Å². The Labute approximate surface area is 349 Å². The molecule has 58 heavy (non-hydrogen) atoms. The van der Waals surface area contributed by atoms with Gasteiger partial charge in [0.05, 0.1) is 27.7 Å². The summed E-state index contributed by atoms with van der Waals surface area (Å²) in [6, 6.07) is 44.5. The number of nitrogens with zero attached hydrogens (tertiary/aromatic N) is 4. The molecule has 8 aromatic carbocycles. The molecule has 11 rings (SSSR count). The van der Waals surface area contributed by atoms with E-state index < -0.39 is 36.3 Å². The van der Waals surface area contributed by atoms with Crippen LogP contribution in [0.2, 0.25) is 0 Å². The lowest BCUT2D eigenvalue weighted by atomic mass is 9.80. The number of para-hydroxylation sites is 2. The second-order valence-corrected chi connectivity index (χ2v) is 15.0. The van der Waals surface area contributed by atoms with Crippen LogP contribution >= 0.6 is 0 Å². The summed E-state index contributed by atoms with van der Waals surface area (Å²) in [5.41, 5.74) is 10.3. The first kappa shape index (κ1) is 26.4. The summed E-state index contributed by atoms with van der Waals surface area (Å²) in [7, 11) is 0. The van der Waals surface area contributed by atoms with E-state index in [1.807, 2.05) is 97.1 Å². The third-order valence-electron chi connectivity index (χ3n) is 11.3. The molecule has 10 aromatic rings. The van der Waals surface area contributed by atoms with Crippen LogP contribution in [0.1, 0.15) is 35.9 Å². The Hall–Kier alpha value is -7.43. The number of hydrogen-bond donors (Lipinski definition) is 0. The van der Waals surface area contributed by atoms with Crippen LogP contribution < -0.4 is 0 Å². The molecule has 4 heteroatoms. The molecule has 0 spiro atoms. The van der Waals surface area contributed by atoms with Crippen molar-refractivity contribution in [3.8, 4) is 73.2 Å². The Morgan fingerprint density at radius 2 is 0.948 bits per heavy atom. The summed E-state index contributed by atoms with van der Waals surface area (Å²) in [6.45, 7) is 4.44. The lowest BCUT2D eigenvalue weighted by Gasteiger charge is -2.24. The van der Waals surface area contributed by atoms with Crippen molar-refractivity contribution in [2.45, 2.75) is 19.3 Å². The number of aromatic nitrogens is 4. The number of benzene rings is 8. The maximum Gasteiger partial charge on any atom is 0.164 e. The average molecular weight is 751 g/mol. The second kappa shape index (κ2) is 13.4. The van der Waals surface area contributed by atoms with Crippen LogP contribution in [0.15, 0.2) is 194 Å². The van der Waals surface area contributed by atoms with E-state index >= 15 is 0 Å². The van der Waals surface area contributed by atoms with Gasteiger partial charge in [-0.1, -0.05) is 190 Å². The van der Waals surface area contributed by atoms with E-state index in [1.165, 1.54) is 5.56 Å². The van der Waals surface area contributed by atoms with Gasteiger partial charge < -0.3 is 4.57 Å². The number of fused-ring (bicyclic) bond motifs is 6. The Morgan fingerprint density at radius 1 is 0.431 bits per heavy atom. The predicted molar refractivity (Wildman–Crippen MR) is 239 cm³/mol. The zero-order valence-corrected chi connectivity index (χ0v) is 31.6. The Bertz CT molecular complexity index is 3570. The Kier molecular flexibility index (Phi) is 6.09. The summed E-state index contributed by atoms with van der Waals surface area (Å²) >= 11 is 0. The van der Waals surface area contributed by atoms with Crippen molar-refractivity contribution in [3.05, 3.63) is 205 Å². The van der Waals surface area contributed by atoms with E-state index in [2.05, 4.69) is 62.4 Å².